The van der Waals surface area contributed by atoms with Crippen LogP contribution in [0.1, 0.15) is 69.0 Å². The van der Waals surface area contributed by atoms with Gasteiger partial charge in [0.05, 0.1) is 18.6 Å². The summed E-state index contributed by atoms with van der Waals surface area (Å²) >= 11 is 0. The van der Waals surface area contributed by atoms with E-state index >= 15 is 0 Å². The number of hydrogen-bond acceptors (Lipinski definition) is 7. The molecule has 1 amide bonds. The predicted octanol–water partition coefficient (Wildman–Crippen LogP) is 1.87. The lowest BCUT2D eigenvalue weighted by molar-refractivity contribution is -0.140. The molecule has 4 aliphatic rings. The second kappa shape index (κ2) is 9.55. The standard InChI is InChI=1S/C23H37N5O3/c29-22(25-10-7-20-26-21(31-27-20)17-3-1-2-4-17)23-8-5-19(28-11-13-30-14-12-28)15-18(23)6-9-24-16-23/h17-19,24H,1-16H2,(H,25,29)/t18-,19-,23-/m1/s1. The van der Waals surface area contributed by atoms with Gasteiger partial charge in [0.2, 0.25) is 11.8 Å². The van der Waals surface area contributed by atoms with Crippen molar-refractivity contribution in [3.63, 3.8) is 0 Å². The number of piperidine rings is 1. The summed E-state index contributed by atoms with van der Waals surface area (Å²) in [7, 11) is 0. The smallest absolute Gasteiger partial charge is 0.229 e. The van der Waals surface area contributed by atoms with Crippen molar-refractivity contribution in [2.24, 2.45) is 11.3 Å². The number of nitrogens with one attached hydrogen (secondary N) is 2. The lowest BCUT2D eigenvalue weighted by Gasteiger charge is -2.50. The molecule has 0 spiro atoms. The summed E-state index contributed by atoms with van der Waals surface area (Å²) in [5.74, 6) is 2.61. The van der Waals surface area contributed by atoms with E-state index in [1.54, 1.807) is 0 Å². The van der Waals surface area contributed by atoms with Crippen molar-refractivity contribution in [1.29, 1.82) is 0 Å². The van der Waals surface area contributed by atoms with E-state index in [4.69, 9.17) is 9.26 Å². The van der Waals surface area contributed by atoms with Gasteiger partial charge in [-0.05, 0) is 51.0 Å². The quantitative estimate of drug-likeness (QED) is 0.710. The fourth-order valence-electron chi connectivity index (χ4n) is 6.34. The maximum atomic E-state index is 13.4. The minimum Gasteiger partial charge on any atom is -0.379 e. The fraction of sp³-hybridized carbons (Fsp3) is 0.870. The zero-order valence-corrected chi connectivity index (χ0v) is 18.6. The third-order valence-corrected chi connectivity index (χ3v) is 8.21. The molecule has 2 aliphatic heterocycles. The summed E-state index contributed by atoms with van der Waals surface area (Å²) in [5.41, 5.74) is -0.271. The van der Waals surface area contributed by atoms with Crippen LogP contribution >= 0.6 is 0 Å². The van der Waals surface area contributed by atoms with Crippen LogP contribution in [0.2, 0.25) is 0 Å². The summed E-state index contributed by atoms with van der Waals surface area (Å²) in [6.45, 7) is 6.13. The van der Waals surface area contributed by atoms with E-state index in [0.29, 0.717) is 36.7 Å². The first-order chi connectivity index (χ1) is 15.2. The monoisotopic (exact) mass is 431 g/mol. The van der Waals surface area contributed by atoms with E-state index in [2.05, 4.69) is 25.7 Å². The van der Waals surface area contributed by atoms with Gasteiger partial charge in [0, 0.05) is 44.6 Å². The highest BCUT2D eigenvalue weighted by molar-refractivity contribution is 5.83. The molecule has 8 heteroatoms. The van der Waals surface area contributed by atoms with Gasteiger partial charge < -0.3 is 19.9 Å². The summed E-state index contributed by atoms with van der Waals surface area (Å²) < 4.78 is 11.0. The average molecular weight is 432 g/mol. The Balaban J connectivity index is 1.16. The molecule has 0 unspecified atom stereocenters. The van der Waals surface area contributed by atoms with Crippen LogP contribution < -0.4 is 10.6 Å². The molecule has 2 saturated heterocycles. The molecule has 8 nitrogen and oxygen atoms in total. The Morgan fingerprint density at radius 2 is 2.03 bits per heavy atom. The molecule has 0 bridgehead atoms. The number of morpholine rings is 1. The normalized spacial score (nSPS) is 32.6. The largest absolute Gasteiger partial charge is 0.379 e. The first-order valence-corrected chi connectivity index (χ1v) is 12.4. The molecule has 1 aromatic rings. The van der Waals surface area contributed by atoms with Gasteiger partial charge >= 0.3 is 0 Å². The van der Waals surface area contributed by atoms with E-state index in [1.165, 1.54) is 12.8 Å². The first-order valence-electron chi connectivity index (χ1n) is 12.4. The van der Waals surface area contributed by atoms with E-state index in [1.807, 2.05) is 0 Å². The molecule has 1 aromatic heterocycles. The van der Waals surface area contributed by atoms with Crippen LogP contribution in [0.3, 0.4) is 0 Å². The molecule has 3 heterocycles. The van der Waals surface area contributed by atoms with Gasteiger partial charge in [0.15, 0.2) is 5.82 Å². The predicted molar refractivity (Wildman–Crippen MR) is 116 cm³/mol. The van der Waals surface area contributed by atoms with Crippen molar-refractivity contribution in [3.8, 4) is 0 Å². The van der Waals surface area contributed by atoms with E-state index < -0.39 is 0 Å². The van der Waals surface area contributed by atoms with Crippen molar-refractivity contribution in [2.45, 2.75) is 69.7 Å². The summed E-state index contributed by atoms with van der Waals surface area (Å²) in [6, 6.07) is 0.598. The van der Waals surface area contributed by atoms with Gasteiger partial charge in [0.1, 0.15) is 0 Å². The second-order valence-corrected chi connectivity index (χ2v) is 9.93. The maximum Gasteiger partial charge on any atom is 0.229 e. The molecular formula is C23H37N5O3. The number of hydrogen-bond donors (Lipinski definition) is 2. The number of aromatic nitrogens is 2. The van der Waals surface area contributed by atoms with Crippen LogP contribution in [0.25, 0.3) is 0 Å². The Labute approximate surface area is 184 Å². The summed E-state index contributed by atoms with van der Waals surface area (Å²) in [4.78, 5) is 20.6. The van der Waals surface area contributed by atoms with Crippen LogP contribution in [0.4, 0.5) is 0 Å². The Hall–Kier alpha value is -1.51. The molecule has 172 valence electrons. The number of nitrogens with zero attached hydrogens (tertiary/aromatic N) is 3. The van der Waals surface area contributed by atoms with Crippen LogP contribution in [0.5, 0.6) is 0 Å². The Morgan fingerprint density at radius 3 is 2.87 bits per heavy atom. The lowest BCUT2D eigenvalue weighted by Crippen LogP contribution is -2.60. The third-order valence-electron chi connectivity index (χ3n) is 8.21. The summed E-state index contributed by atoms with van der Waals surface area (Å²) in [6.07, 6.45) is 9.72. The number of rotatable bonds is 6. The molecule has 0 radical (unpaired) electrons. The average Bonchev–Trinajstić information content (AvgIpc) is 3.51. The highest BCUT2D eigenvalue weighted by Crippen LogP contribution is 2.46. The summed E-state index contributed by atoms with van der Waals surface area (Å²) in [5, 5.41) is 10.9. The van der Waals surface area contributed by atoms with Gasteiger partial charge in [-0.1, -0.05) is 18.0 Å². The number of carbonyl (C=O) groups excluding carboxylic acids is 1. The van der Waals surface area contributed by atoms with Crippen LogP contribution in [0.15, 0.2) is 4.52 Å². The minimum absolute atomic E-state index is 0.213. The number of fused-ring (bicyclic) bond motifs is 1. The molecule has 2 aliphatic carbocycles. The number of carbonyl (C=O) groups is 1. The molecule has 2 N–H and O–H groups in total. The highest BCUT2D eigenvalue weighted by Gasteiger charge is 2.50. The van der Waals surface area contributed by atoms with Crippen molar-refractivity contribution in [3.05, 3.63) is 11.7 Å². The Bertz CT molecular complexity index is 743. The van der Waals surface area contributed by atoms with E-state index in [-0.39, 0.29) is 11.3 Å². The van der Waals surface area contributed by atoms with Crippen LogP contribution in [-0.4, -0.2) is 72.9 Å². The Kier molecular flexibility index (Phi) is 6.57. The molecule has 3 atom stereocenters. The molecule has 31 heavy (non-hydrogen) atoms. The molecular weight excluding hydrogens is 394 g/mol. The van der Waals surface area contributed by atoms with Gasteiger partial charge in [-0.2, -0.15) is 4.98 Å². The van der Waals surface area contributed by atoms with Crippen molar-refractivity contribution in [2.75, 3.05) is 45.9 Å². The Morgan fingerprint density at radius 1 is 1.19 bits per heavy atom. The number of amides is 1. The maximum absolute atomic E-state index is 13.4. The highest BCUT2D eigenvalue weighted by atomic mass is 16.5. The molecule has 5 rings (SSSR count). The topological polar surface area (TPSA) is 92.5 Å². The van der Waals surface area contributed by atoms with Gasteiger partial charge in [0.25, 0.3) is 0 Å². The van der Waals surface area contributed by atoms with E-state index in [9.17, 15) is 4.79 Å². The first kappa shape index (κ1) is 21.3. The molecule has 2 saturated carbocycles. The lowest BCUT2D eigenvalue weighted by atomic mass is 9.61. The fourth-order valence-corrected chi connectivity index (χ4v) is 6.34. The van der Waals surface area contributed by atoms with Crippen LogP contribution in [-0.2, 0) is 16.0 Å². The van der Waals surface area contributed by atoms with Crippen molar-refractivity contribution < 1.29 is 14.1 Å². The van der Waals surface area contributed by atoms with Gasteiger partial charge in [-0.15, -0.1) is 0 Å². The zero-order chi connectivity index (χ0) is 21.1. The molecule has 4 fully saturated rings. The zero-order valence-electron chi connectivity index (χ0n) is 18.6. The SMILES string of the molecule is O=C(NCCc1noc(C2CCCC2)n1)[C@@]12CC[C@@H](N3CCOCC3)C[C@H]1CCNC2. The minimum atomic E-state index is -0.271. The second-order valence-electron chi connectivity index (χ2n) is 9.93. The molecule has 0 aromatic carbocycles. The number of ether oxygens (including phenoxy) is 1. The van der Waals surface area contributed by atoms with Crippen LogP contribution in [0, 0.1) is 11.3 Å². The van der Waals surface area contributed by atoms with Crippen molar-refractivity contribution >= 4 is 5.91 Å². The van der Waals surface area contributed by atoms with Gasteiger partial charge in [-0.25, -0.2) is 0 Å². The van der Waals surface area contributed by atoms with E-state index in [0.717, 1.165) is 83.8 Å². The van der Waals surface area contributed by atoms with Crippen molar-refractivity contribution in [1.82, 2.24) is 25.7 Å². The van der Waals surface area contributed by atoms with Gasteiger partial charge in [-0.3, -0.25) is 9.69 Å². The third kappa shape index (κ3) is 4.52.